The molecule has 0 bridgehead atoms. The van der Waals surface area contributed by atoms with E-state index < -0.39 is 21.8 Å². The van der Waals surface area contributed by atoms with Crippen molar-refractivity contribution in [1.82, 2.24) is 4.31 Å². The van der Waals surface area contributed by atoms with E-state index in [0.717, 1.165) is 12.1 Å². The van der Waals surface area contributed by atoms with Crippen LogP contribution in [0.5, 0.6) is 0 Å². The quantitative estimate of drug-likeness (QED) is 0.801. The SMILES string of the molecule is N#Cc1ccc(S(=O)(=O)N2CCN(c3cccc(C(F)(F)F)c3)CC2)cc1. The number of piperazine rings is 1. The summed E-state index contributed by atoms with van der Waals surface area (Å²) < 4.78 is 65.3. The van der Waals surface area contributed by atoms with E-state index in [0.29, 0.717) is 11.3 Å². The molecule has 2 aromatic rings. The summed E-state index contributed by atoms with van der Waals surface area (Å²) in [5.74, 6) is 0. The fourth-order valence-corrected chi connectivity index (χ4v) is 4.34. The van der Waals surface area contributed by atoms with Crippen LogP contribution in [0.2, 0.25) is 0 Å². The molecule has 1 fully saturated rings. The lowest BCUT2D eigenvalue weighted by molar-refractivity contribution is -0.137. The minimum absolute atomic E-state index is 0.0917. The van der Waals surface area contributed by atoms with Gasteiger partial charge in [0.15, 0.2) is 0 Å². The molecule has 0 aliphatic carbocycles. The minimum Gasteiger partial charge on any atom is -0.369 e. The second-order valence-corrected chi connectivity index (χ2v) is 8.01. The van der Waals surface area contributed by atoms with Gasteiger partial charge in [-0.2, -0.15) is 22.7 Å². The van der Waals surface area contributed by atoms with Crippen LogP contribution in [0.25, 0.3) is 0 Å². The molecule has 9 heteroatoms. The Kier molecular flexibility index (Phi) is 5.13. The van der Waals surface area contributed by atoms with Gasteiger partial charge in [0, 0.05) is 31.9 Å². The fraction of sp³-hybridized carbons (Fsp3) is 0.278. The van der Waals surface area contributed by atoms with E-state index in [1.807, 2.05) is 6.07 Å². The molecule has 0 spiro atoms. The van der Waals surface area contributed by atoms with Crippen LogP contribution in [-0.4, -0.2) is 38.9 Å². The van der Waals surface area contributed by atoms with Gasteiger partial charge in [0.1, 0.15) is 0 Å². The molecular weight excluding hydrogens is 379 g/mol. The molecule has 5 nitrogen and oxygen atoms in total. The molecule has 0 N–H and O–H groups in total. The number of halogens is 3. The number of rotatable bonds is 3. The van der Waals surface area contributed by atoms with Crippen LogP contribution in [0.1, 0.15) is 11.1 Å². The normalized spacial score (nSPS) is 16.1. The van der Waals surface area contributed by atoms with Gasteiger partial charge in [-0.25, -0.2) is 8.42 Å². The van der Waals surface area contributed by atoms with Crippen LogP contribution in [-0.2, 0) is 16.2 Å². The van der Waals surface area contributed by atoms with E-state index in [2.05, 4.69) is 0 Å². The van der Waals surface area contributed by atoms with Crippen molar-refractivity contribution in [2.24, 2.45) is 0 Å². The minimum atomic E-state index is -4.42. The van der Waals surface area contributed by atoms with Crippen LogP contribution in [0, 0.1) is 11.3 Å². The van der Waals surface area contributed by atoms with E-state index in [4.69, 9.17) is 5.26 Å². The number of anilines is 1. The van der Waals surface area contributed by atoms with Gasteiger partial charge in [-0.1, -0.05) is 6.07 Å². The molecule has 1 aliphatic rings. The first-order valence-corrected chi connectivity index (χ1v) is 9.58. The molecule has 2 aromatic carbocycles. The lowest BCUT2D eigenvalue weighted by Gasteiger charge is -2.35. The van der Waals surface area contributed by atoms with Gasteiger partial charge in [-0.15, -0.1) is 0 Å². The van der Waals surface area contributed by atoms with Gasteiger partial charge < -0.3 is 4.90 Å². The van der Waals surface area contributed by atoms with Crippen LogP contribution in [0.4, 0.5) is 18.9 Å². The summed E-state index contributed by atoms with van der Waals surface area (Å²) in [6.07, 6.45) is -4.42. The summed E-state index contributed by atoms with van der Waals surface area (Å²) in [5, 5.41) is 8.80. The standard InChI is InChI=1S/C18H16F3N3O2S/c19-18(20,21)15-2-1-3-16(12-15)23-8-10-24(11-9-23)27(25,26)17-6-4-14(13-22)5-7-17/h1-7,12H,8-11H2. The molecule has 0 unspecified atom stereocenters. The predicted molar refractivity (Wildman–Crippen MR) is 93.6 cm³/mol. The third-order valence-corrected chi connectivity index (χ3v) is 6.31. The molecule has 1 saturated heterocycles. The topological polar surface area (TPSA) is 64.4 Å². The summed E-state index contributed by atoms with van der Waals surface area (Å²) in [6.45, 7) is 0.908. The molecule has 0 aromatic heterocycles. The Morgan fingerprint density at radius 3 is 2.15 bits per heavy atom. The lowest BCUT2D eigenvalue weighted by atomic mass is 10.1. The predicted octanol–water partition coefficient (Wildman–Crippen LogP) is 3.09. The third-order valence-electron chi connectivity index (χ3n) is 4.40. The second kappa shape index (κ2) is 7.21. The van der Waals surface area contributed by atoms with Crippen molar-refractivity contribution in [2.75, 3.05) is 31.1 Å². The van der Waals surface area contributed by atoms with Crippen molar-refractivity contribution in [3.05, 3.63) is 59.7 Å². The summed E-state index contributed by atoms with van der Waals surface area (Å²) in [5.41, 5.74) is 0.0520. The molecular formula is C18H16F3N3O2S. The number of hydrogen-bond acceptors (Lipinski definition) is 4. The zero-order valence-corrected chi connectivity index (χ0v) is 15.0. The Morgan fingerprint density at radius 2 is 1.59 bits per heavy atom. The highest BCUT2D eigenvalue weighted by Gasteiger charge is 2.32. The van der Waals surface area contributed by atoms with Gasteiger partial charge in [0.05, 0.1) is 22.1 Å². The number of sulfonamides is 1. The molecule has 3 rings (SSSR count). The molecule has 0 saturated carbocycles. The monoisotopic (exact) mass is 395 g/mol. The summed E-state index contributed by atoms with van der Waals surface area (Å²) in [7, 11) is -3.71. The van der Waals surface area contributed by atoms with Gasteiger partial charge in [-0.05, 0) is 42.5 Å². The molecule has 1 aliphatic heterocycles. The van der Waals surface area contributed by atoms with Crippen molar-refractivity contribution < 1.29 is 21.6 Å². The highest BCUT2D eigenvalue weighted by atomic mass is 32.2. The zero-order valence-electron chi connectivity index (χ0n) is 14.1. The Labute approximate surface area is 155 Å². The Bertz CT molecular complexity index is 959. The highest BCUT2D eigenvalue weighted by Crippen LogP contribution is 2.32. The largest absolute Gasteiger partial charge is 0.416 e. The van der Waals surface area contributed by atoms with Crippen molar-refractivity contribution in [2.45, 2.75) is 11.1 Å². The first kappa shape index (κ1) is 19.2. The van der Waals surface area contributed by atoms with Gasteiger partial charge >= 0.3 is 6.18 Å². The average molecular weight is 395 g/mol. The number of alkyl halides is 3. The Morgan fingerprint density at radius 1 is 0.963 bits per heavy atom. The van der Waals surface area contributed by atoms with Crippen molar-refractivity contribution in [3.8, 4) is 6.07 Å². The summed E-state index contributed by atoms with van der Waals surface area (Å²) in [6, 6.07) is 12.6. The van der Waals surface area contributed by atoms with Crippen molar-refractivity contribution in [1.29, 1.82) is 5.26 Å². The Balaban J connectivity index is 1.72. The number of nitriles is 1. The van der Waals surface area contributed by atoms with Crippen molar-refractivity contribution in [3.63, 3.8) is 0 Å². The molecule has 1 heterocycles. The third kappa shape index (κ3) is 4.07. The summed E-state index contributed by atoms with van der Waals surface area (Å²) >= 11 is 0. The maximum Gasteiger partial charge on any atom is 0.416 e. The fourth-order valence-electron chi connectivity index (χ4n) is 2.92. The van der Waals surface area contributed by atoms with Crippen LogP contribution in [0.3, 0.4) is 0 Å². The van der Waals surface area contributed by atoms with Gasteiger partial charge in [0.2, 0.25) is 10.0 Å². The molecule has 0 atom stereocenters. The second-order valence-electron chi connectivity index (χ2n) is 6.08. The summed E-state index contributed by atoms with van der Waals surface area (Å²) in [4.78, 5) is 1.83. The van der Waals surface area contributed by atoms with E-state index in [1.165, 1.54) is 34.6 Å². The van der Waals surface area contributed by atoms with Crippen LogP contribution < -0.4 is 4.90 Å². The maximum atomic E-state index is 12.9. The average Bonchev–Trinajstić information content (AvgIpc) is 2.67. The molecule has 27 heavy (non-hydrogen) atoms. The van der Waals surface area contributed by atoms with Crippen molar-refractivity contribution >= 4 is 15.7 Å². The maximum absolute atomic E-state index is 12.9. The number of benzene rings is 2. The van der Waals surface area contributed by atoms with Crippen LogP contribution in [0.15, 0.2) is 53.4 Å². The molecule has 142 valence electrons. The van der Waals surface area contributed by atoms with Gasteiger partial charge in [-0.3, -0.25) is 0 Å². The van der Waals surface area contributed by atoms with Crippen LogP contribution >= 0.6 is 0 Å². The molecule has 0 radical (unpaired) electrons. The first-order valence-electron chi connectivity index (χ1n) is 8.14. The zero-order chi connectivity index (χ0) is 19.7. The highest BCUT2D eigenvalue weighted by molar-refractivity contribution is 7.89. The van der Waals surface area contributed by atoms with E-state index in [-0.39, 0.29) is 31.1 Å². The smallest absolute Gasteiger partial charge is 0.369 e. The number of hydrogen-bond donors (Lipinski definition) is 0. The lowest BCUT2D eigenvalue weighted by Crippen LogP contribution is -2.48. The van der Waals surface area contributed by atoms with Gasteiger partial charge in [0.25, 0.3) is 0 Å². The van der Waals surface area contributed by atoms with E-state index >= 15 is 0 Å². The molecule has 0 amide bonds. The Hall–Kier alpha value is -2.57. The number of nitrogens with zero attached hydrogens (tertiary/aromatic N) is 3. The first-order chi connectivity index (χ1) is 12.7. The van der Waals surface area contributed by atoms with E-state index in [1.54, 1.807) is 11.0 Å². The van der Waals surface area contributed by atoms with E-state index in [9.17, 15) is 21.6 Å².